The van der Waals surface area contributed by atoms with Crippen LogP contribution in [0.5, 0.6) is 5.75 Å². The standard InChI is InChI=1S/C13H12O3S.Na.H/c14-17(15,11-12-7-3-1-4-8-12)16-13-9-5-2-6-10-13;;/h1-10H,11H2;;/q;+1;-1. The topological polar surface area (TPSA) is 43.4 Å². The minimum Gasteiger partial charge on any atom is -1.00 e. The van der Waals surface area contributed by atoms with Crippen molar-refractivity contribution in [3.63, 3.8) is 0 Å². The van der Waals surface area contributed by atoms with Crippen molar-refractivity contribution in [3.05, 3.63) is 66.2 Å². The molecule has 0 aromatic heterocycles. The molecule has 2 aromatic carbocycles. The van der Waals surface area contributed by atoms with Gasteiger partial charge in [-0.1, -0.05) is 48.5 Å². The van der Waals surface area contributed by atoms with Crippen LogP contribution in [0.4, 0.5) is 0 Å². The zero-order valence-electron chi connectivity index (χ0n) is 11.1. The van der Waals surface area contributed by atoms with Gasteiger partial charge in [-0.2, -0.15) is 8.42 Å². The van der Waals surface area contributed by atoms with Gasteiger partial charge in [0.1, 0.15) is 11.5 Å². The van der Waals surface area contributed by atoms with Crippen LogP contribution < -0.4 is 33.7 Å². The van der Waals surface area contributed by atoms with Crippen LogP contribution in [0, 0.1) is 0 Å². The zero-order valence-corrected chi connectivity index (χ0v) is 12.9. The summed E-state index contributed by atoms with van der Waals surface area (Å²) in [5, 5.41) is 0. The van der Waals surface area contributed by atoms with Gasteiger partial charge in [0, 0.05) is 0 Å². The predicted molar refractivity (Wildman–Crippen MR) is 67.2 cm³/mol. The van der Waals surface area contributed by atoms with Crippen molar-refractivity contribution in [1.29, 1.82) is 0 Å². The van der Waals surface area contributed by atoms with Gasteiger partial charge in [-0.15, -0.1) is 0 Å². The van der Waals surface area contributed by atoms with Gasteiger partial charge in [0.25, 0.3) is 0 Å². The van der Waals surface area contributed by atoms with Crippen LogP contribution in [0.2, 0.25) is 0 Å². The number of hydrogen-bond acceptors (Lipinski definition) is 3. The van der Waals surface area contributed by atoms with Crippen molar-refractivity contribution < 1.29 is 43.6 Å². The second kappa shape index (κ2) is 6.95. The van der Waals surface area contributed by atoms with E-state index in [1.54, 1.807) is 54.6 Å². The van der Waals surface area contributed by atoms with Gasteiger partial charge in [-0.3, -0.25) is 0 Å². The van der Waals surface area contributed by atoms with Gasteiger partial charge in [0.05, 0.1) is 0 Å². The Morgan fingerprint density at radius 2 is 1.39 bits per heavy atom. The summed E-state index contributed by atoms with van der Waals surface area (Å²) in [7, 11) is -3.59. The SMILES string of the molecule is O=S(=O)(Cc1ccccc1)Oc1ccccc1.[H-].[Na+]. The molecule has 0 N–H and O–H groups in total. The molecule has 0 amide bonds. The van der Waals surface area contributed by atoms with E-state index in [0.29, 0.717) is 11.3 Å². The average Bonchev–Trinajstić information content (AvgIpc) is 2.30. The Bertz CT molecular complexity index is 526. The Morgan fingerprint density at radius 3 is 1.94 bits per heavy atom. The largest absolute Gasteiger partial charge is 1.00 e. The zero-order chi connectivity index (χ0) is 12.1. The second-order valence-corrected chi connectivity index (χ2v) is 5.15. The molecule has 0 atom stereocenters. The van der Waals surface area contributed by atoms with Crippen LogP contribution in [-0.4, -0.2) is 8.42 Å². The van der Waals surface area contributed by atoms with Gasteiger partial charge in [0.2, 0.25) is 0 Å². The first kappa shape index (κ1) is 15.2. The maximum atomic E-state index is 11.7. The number of rotatable bonds is 4. The third-order valence-corrected chi connectivity index (χ3v) is 3.29. The molecule has 3 nitrogen and oxygen atoms in total. The van der Waals surface area contributed by atoms with Crippen LogP contribution in [0.1, 0.15) is 6.99 Å². The third kappa shape index (κ3) is 4.82. The predicted octanol–water partition coefficient (Wildman–Crippen LogP) is -0.288. The van der Waals surface area contributed by atoms with Crippen molar-refractivity contribution >= 4 is 10.1 Å². The molecule has 0 unspecified atom stereocenters. The summed E-state index contributed by atoms with van der Waals surface area (Å²) in [6.07, 6.45) is 0. The molecule has 0 aliphatic heterocycles. The maximum Gasteiger partial charge on any atom is 1.00 e. The van der Waals surface area contributed by atoms with Crippen LogP contribution in [-0.2, 0) is 15.9 Å². The van der Waals surface area contributed by atoms with E-state index in [9.17, 15) is 8.42 Å². The fourth-order valence-electron chi connectivity index (χ4n) is 1.43. The first-order valence-electron chi connectivity index (χ1n) is 5.17. The Hall–Kier alpha value is -0.810. The minimum atomic E-state index is -3.59. The molecular weight excluding hydrogens is 259 g/mol. The Balaban J connectivity index is 0.00000162. The van der Waals surface area contributed by atoms with E-state index < -0.39 is 10.1 Å². The monoisotopic (exact) mass is 272 g/mol. The second-order valence-electron chi connectivity index (χ2n) is 3.58. The van der Waals surface area contributed by atoms with Crippen molar-refractivity contribution in [2.45, 2.75) is 5.75 Å². The van der Waals surface area contributed by atoms with Crippen LogP contribution in [0.3, 0.4) is 0 Å². The average molecular weight is 272 g/mol. The van der Waals surface area contributed by atoms with E-state index in [1.807, 2.05) is 6.07 Å². The molecule has 18 heavy (non-hydrogen) atoms. The van der Waals surface area contributed by atoms with Gasteiger partial charge in [0.15, 0.2) is 0 Å². The molecule has 0 bridgehead atoms. The van der Waals surface area contributed by atoms with Crippen molar-refractivity contribution in [3.8, 4) is 5.75 Å². The molecule has 0 aliphatic carbocycles. The van der Waals surface area contributed by atoms with E-state index in [1.165, 1.54) is 0 Å². The van der Waals surface area contributed by atoms with Crippen molar-refractivity contribution in [2.24, 2.45) is 0 Å². The van der Waals surface area contributed by atoms with Crippen LogP contribution in [0.15, 0.2) is 60.7 Å². The fraction of sp³-hybridized carbons (Fsp3) is 0.0769. The summed E-state index contributed by atoms with van der Waals surface area (Å²) >= 11 is 0. The van der Waals surface area contributed by atoms with E-state index in [0.717, 1.165) is 0 Å². The number of hydrogen-bond donors (Lipinski definition) is 0. The Kier molecular flexibility index (Phi) is 5.88. The molecule has 0 heterocycles. The molecular formula is C13H13NaO3S. The summed E-state index contributed by atoms with van der Waals surface area (Å²) in [5.41, 5.74) is 0.712. The summed E-state index contributed by atoms with van der Waals surface area (Å²) in [6, 6.07) is 17.4. The molecule has 90 valence electrons. The molecule has 0 saturated heterocycles. The molecule has 0 radical (unpaired) electrons. The van der Waals surface area contributed by atoms with E-state index in [-0.39, 0.29) is 36.7 Å². The molecule has 5 heteroatoms. The summed E-state index contributed by atoms with van der Waals surface area (Å²) in [6.45, 7) is 0. The maximum absolute atomic E-state index is 11.7. The van der Waals surface area contributed by atoms with E-state index >= 15 is 0 Å². The Morgan fingerprint density at radius 1 is 0.889 bits per heavy atom. The molecule has 0 spiro atoms. The van der Waals surface area contributed by atoms with Crippen LogP contribution >= 0.6 is 0 Å². The molecule has 2 rings (SSSR count). The van der Waals surface area contributed by atoms with Gasteiger partial charge >= 0.3 is 39.7 Å². The van der Waals surface area contributed by atoms with E-state index in [4.69, 9.17) is 4.18 Å². The normalized spacial score (nSPS) is 10.4. The van der Waals surface area contributed by atoms with Crippen molar-refractivity contribution in [2.75, 3.05) is 0 Å². The fourth-order valence-corrected chi connectivity index (χ4v) is 2.49. The first-order chi connectivity index (χ1) is 8.16. The summed E-state index contributed by atoms with van der Waals surface area (Å²) < 4.78 is 28.5. The quantitative estimate of drug-likeness (QED) is 0.567. The van der Waals surface area contributed by atoms with Gasteiger partial charge < -0.3 is 5.61 Å². The van der Waals surface area contributed by atoms with Gasteiger partial charge in [-0.25, -0.2) is 0 Å². The number of para-hydroxylation sites is 1. The molecule has 0 saturated carbocycles. The number of benzene rings is 2. The molecule has 0 fully saturated rings. The first-order valence-corrected chi connectivity index (χ1v) is 6.75. The Labute approximate surface area is 131 Å². The van der Waals surface area contributed by atoms with E-state index in [2.05, 4.69) is 0 Å². The van der Waals surface area contributed by atoms with Crippen molar-refractivity contribution in [1.82, 2.24) is 0 Å². The minimum absolute atomic E-state index is 0. The summed E-state index contributed by atoms with van der Waals surface area (Å²) in [4.78, 5) is 0. The molecule has 2 aromatic rings. The smallest absolute Gasteiger partial charge is 1.00 e. The van der Waals surface area contributed by atoms with Crippen LogP contribution in [0.25, 0.3) is 0 Å². The third-order valence-electron chi connectivity index (χ3n) is 2.15. The van der Waals surface area contributed by atoms with Gasteiger partial charge in [-0.05, 0) is 17.7 Å². The molecule has 0 aliphatic rings. The summed E-state index contributed by atoms with van der Waals surface area (Å²) in [5.74, 6) is 0.214.